The number of nitrogens with one attached hydrogen (secondary N) is 1. The maximum Gasteiger partial charge on any atom is 0.305 e. The Morgan fingerprint density at radius 1 is 0.837 bits per heavy atom. The highest BCUT2D eigenvalue weighted by molar-refractivity contribution is 6.06. The summed E-state index contributed by atoms with van der Waals surface area (Å²) >= 11 is 0. The van der Waals surface area contributed by atoms with Gasteiger partial charge in [0.1, 0.15) is 5.75 Å². The molecule has 0 fully saturated rings. The first-order chi connectivity index (χ1) is 23.4. The molecule has 2 N–H and O–H groups in total. The molecule has 0 saturated carbocycles. The monoisotopic (exact) mass is 676 g/mol. The standard InChI is InChI=1S/C37H35F3N2O7/c1-24(43)49-34(39)33(38)37(40,26-12-4-3-5-13-26)41-35(46)30-17-8-6-15-28(30)29-16-7-9-18-31(29)36(47)42(22-20-32(44)45)21-19-25-11-10-14-27(23-25)48-2/h3-18,23,33-34H,19-22H2,1-2H3,(H,41,46)(H,44,45). The summed E-state index contributed by atoms with van der Waals surface area (Å²) in [5.74, 6) is -6.82. The Balaban J connectivity index is 1.70. The van der Waals surface area contributed by atoms with Gasteiger partial charge in [-0.1, -0.05) is 78.9 Å². The molecule has 0 aliphatic carbocycles. The third kappa shape index (κ3) is 9.04. The Hall–Kier alpha value is -5.65. The molecule has 0 aliphatic rings. The van der Waals surface area contributed by atoms with Crippen molar-refractivity contribution < 1.29 is 46.9 Å². The molecule has 0 bridgehead atoms. The lowest BCUT2D eigenvalue weighted by atomic mass is 9.93. The summed E-state index contributed by atoms with van der Waals surface area (Å²) < 4.78 is 56.3. The smallest absolute Gasteiger partial charge is 0.305 e. The van der Waals surface area contributed by atoms with E-state index >= 15 is 8.78 Å². The van der Waals surface area contributed by atoms with Gasteiger partial charge in [-0.15, -0.1) is 0 Å². The fraction of sp³-hybridized carbons (Fsp3) is 0.243. The second-order valence-corrected chi connectivity index (χ2v) is 11.0. The van der Waals surface area contributed by atoms with Crippen molar-refractivity contribution in [3.05, 3.63) is 125 Å². The molecule has 0 saturated heterocycles. The highest BCUT2D eigenvalue weighted by Crippen LogP contribution is 2.35. The summed E-state index contributed by atoms with van der Waals surface area (Å²) in [5.41, 5.74) is 0.775. The Kier molecular flexibility index (Phi) is 12.1. The lowest BCUT2D eigenvalue weighted by Gasteiger charge is -2.31. The Morgan fingerprint density at radius 2 is 1.45 bits per heavy atom. The van der Waals surface area contributed by atoms with Gasteiger partial charge in [-0.3, -0.25) is 19.2 Å². The zero-order chi connectivity index (χ0) is 35.6. The average Bonchev–Trinajstić information content (AvgIpc) is 3.11. The maximum atomic E-state index is 16.6. The van der Waals surface area contributed by atoms with Crippen molar-refractivity contribution in [1.82, 2.24) is 10.2 Å². The van der Waals surface area contributed by atoms with Crippen LogP contribution in [0, 0.1) is 0 Å². The molecular weight excluding hydrogens is 641 g/mol. The summed E-state index contributed by atoms with van der Waals surface area (Å²) in [4.78, 5) is 52.0. The largest absolute Gasteiger partial charge is 0.497 e. The zero-order valence-electron chi connectivity index (χ0n) is 26.8. The van der Waals surface area contributed by atoms with Crippen molar-refractivity contribution in [2.24, 2.45) is 0 Å². The van der Waals surface area contributed by atoms with Gasteiger partial charge in [0.25, 0.3) is 18.2 Å². The first kappa shape index (κ1) is 36.2. The van der Waals surface area contributed by atoms with Crippen LogP contribution in [0.4, 0.5) is 13.2 Å². The van der Waals surface area contributed by atoms with E-state index in [1.54, 1.807) is 36.4 Å². The minimum Gasteiger partial charge on any atom is -0.497 e. The number of hydrogen-bond acceptors (Lipinski definition) is 6. The maximum absolute atomic E-state index is 16.6. The molecule has 3 unspecified atom stereocenters. The molecule has 9 nitrogen and oxygen atoms in total. The van der Waals surface area contributed by atoms with Crippen LogP contribution in [0.25, 0.3) is 11.1 Å². The molecule has 49 heavy (non-hydrogen) atoms. The first-order valence-electron chi connectivity index (χ1n) is 15.3. The highest BCUT2D eigenvalue weighted by atomic mass is 19.2. The number of ether oxygens (including phenoxy) is 2. The van der Waals surface area contributed by atoms with Crippen molar-refractivity contribution in [2.45, 2.75) is 38.1 Å². The number of amides is 2. The van der Waals surface area contributed by atoms with Crippen molar-refractivity contribution in [2.75, 3.05) is 20.2 Å². The number of benzene rings is 4. The van der Waals surface area contributed by atoms with E-state index < -0.39 is 47.6 Å². The zero-order valence-corrected chi connectivity index (χ0v) is 26.8. The molecule has 0 aliphatic heterocycles. The van der Waals surface area contributed by atoms with Crippen molar-refractivity contribution >= 4 is 23.8 Å². The average molecular weight is 677 g/mol. The van der Waals surface area contributed by atoms with Gasteiger partial charge >= 0.3 is 11.9 Å². The van der Waals surface area contributed by atoms with E-state index in [9.17, 15) is 28.7 Å². The second-order valence-electron chi connectivity index (χ2n) is 11.0. The van der Waals surface area contributed by atoms with Crippen molar-refractivity contribution in [3.63, 3.8) is 0 Å². The van der Waals surface area contributed by atoms with E-state index in [-0.39, 0.29) is 41.8 Å². The number of carboxylic acid groups (broad SMARTS) is 1. The molecule has 2 amide bonds. The molecule has 0 aromatic heterocycles. The lowest BCUT2D eigenvalue weighted by molar-refractivity contribution is -0.173. The predicted molar refractivity (Wildman–Crippen MR) is 175 cm³/mol. The predicted octanol–water partition coefficient (Wildman–Crippen LogP) is 6.27. The van der Waals surface area contributed by atoms with E-state index in [4.69, 9.17) is 4.74 Å². The number of carboxylic acids is 1. The van der Waals surface area contributed by atoms with Gasteiger partial charge in [-0.25, -0.2) is 8.78 Å². The lowest BCUT2D eigenvalue weighted by Crippen LogP contribution is -2.53. The number of alkyl halides is 3. The number of carbonyl (C=O) groups excluding carboxylic acids is 3. The summed E-state index contributed by atoms with van der Waals surface area (Å²) in [7, 11) is 1.53. The highest BCUT2D eigenvalue weighted by Gasteiger charge is 2.49. The summed E-state index contributed by atoms with van der Waals surface area (Å²) in [5, 5.41) is 11.3. The van der Waals surface area contributed by atoms with Crippen LogP contribution < -0.4 is 10.1 Å². The third-order valence-electron chi connectivity index (χ3n) is 7.68. The van der Waals surface area contributed by atoms with E-state index in [1.165, 1.54) is 54.5 Å². The minimum absolute atomic E-state index is 0.110. The van der Waals surface area contributed by atoms with Crippen molar-refractivity contribution in [1.29, 1.82) is 0 Å². The fourth-order valence-electron chi connectivity index (χ4n) is 5.24. The molecular formula is C37H35F3N2O7. The van der Waals surface area contributed by atoms with E-state index in [0.29, 0.717) is 12.2 Å². The quantitative estimate of drug-likeness (QED) is 0.112. The van der Waals surface area contributed by atoms with Gasteiger partial charge in [0, 0.05) is 36.7 Å². The van der Waals surface area contributed by atoms with Gasteiger partial charge in [0.15, 0.2) is 0 Å². The fourth-order valence-corrected chi connectivity index (χ4v) is 5.24. The molecule has 4 rings (SSSR count). The SMILES string of the molecule is COc1cccc(CCN(CCC(=O)O)C(=O)c2ccccc2-c2ccccc2C(=O)NC(F)(c2ccccc2)C(F)C(F)OC(C)=O)c1. The molecule has 4 aromatic rings. The molecule has 12 heteroatoms. The van der Waals surface area contributed by atoms with Crippen LogP contribution in [0.3, 0.4) is 0 Å². The van der Waals surface area contributed by atoms with Gasteiger partial charge in [-0.2, -0.15) is 4.39 Å². The van der Waals surface area contributed by atoms with E-state index in [2.05, 4.69) is 4.74 Å². The Morgan fingerprint density at radius 3 is 2.08 bits per heavy atom. The number of aliphatic carboxylic acids is 1. The molecule has 0 heterocycles. The molecule has 3 atom stereocenters. The summed E-state index contributed by atoms with van der Waals surface area (Å²) in [6.45, 7) is 0.874. The number of methoxy groups -OCH3 is 1. The number of rotatable bonds is 15. The number of esters is 1. The summed E-state index contributed by atoms with van der Waals surface area (Å²) in [6.07, 6.45) is -6.15. The van der Waals surface area contributed by atoms with Crippen LogP contribution in [0.5, 0.6) is 5.75 Å². The normalized spacial score (nSPS) is 13.3. The number of hydrogen-bond donors (Lipinski definition) is 2. The van der Waals surface area contributed by atoms with Gasteiger partial charge in [0.2, 0.25) is 12.0 Å². The molecule has 256 valence electrons. The van der Waals surface area contributed by atoms with Gasteiger partial charge in [0.05, 0.1) is 13.5 Å². The van der Waals surface area contributed by atoms with Gasteiger partial charge in [-0.05, 0) is 47.4 Å². The first-order valence-corrected chi connectivity index (χ1v) is 15.3. The third-order valence-corrected chi connectivity index (χ3v) is 7.68. The molecule has 0 spiro atoms. The van der Waals surface area contributed by atoms with Crippen LogP contribution >= 0.6 is 0 Å². The number of carbonyl (C=O) groups is 4. The van der Waals surface area contributed by atoms with Crippen LogP contribution in [0.2, 0.25) is 0 Å². The van der Waals surface area contributed by atoms with Crippen LogP contribution in [-0.4, -0.2) is 66.5 Å². The van der Waals surface area contributed by atoms with Crippen LogP contribution in [0.15, 0.2) is 103 Å². The molecule has 0 radical (unpaired) electrons. The Labute approximate surface area is 281 Å². The van der Waals surface area contributed by atoms with E-state index in [0.717, 1.165) is 24.6 Å². The van der Waals surface area contributed by atoms with Gasteiger partial charge < -0.3 is 24.8 Å². The Bertz CT molecular complexity index is 1790. The van der Waals surface area contributed by atoms with Crippen LogP contribution in [-0.2, 0) is 26.5 Å². The molecule has 4 aromatic carbocycles. The van der Waals surface area contributed by atoms with Crippen molar-refractivity contribution in [3.8, 4) is 16.9 Å². The van der Waals surface area contributed by atoms with E-state index in [1.807, 2.05) is 17.4 Å². The second kappa shape index (κ2) is 16.4. The number of halogens is 3. The van der Waals surface area contributed by atoms with Crippen LogP contribution in [0.1, 0.15) is 45.2 Å². The summed E-state index contributed by atoms with van der Waals surface area (Å²) in [6, 6.07) is 25.9. The topological polar surface area (TPSA) is 122 Å². The number of nitrogens with zero attached hydrogens (tertiary/aromatic N) is 1. The minimum atomic E-state index is -3.48.